The van der Waals surface area contributed by atoms with Crippen LogP contribution in [-0.2, 0) is 0 Å². The van der Waals surface area contributed by atoms with Gasteiger partial charge in [-0.05, 0) is 5.56 Å². The first-order valence-corrected chi connectivity index (χ1v) is 4.57. The minimum atomic E-state index is -0.376. The lowest BCUT2D eigenvalue weighted by Gasteiger charge is -2.06. The van der Waals surface area contributed by atoms with Crippen LogP contribution in [0.2, 0.25) is 0 Å². The molecule has 66 valence electrons. The van der Waals surface area contributed by atoms with Gasteiger partial charge in [0, 0.05) is 0 Å². The molecule has 1 aromatic carbocycles. The van der Waals surface area contributed by atoms with Gasteiger partial charge in [0.2, 0.25) is 0 Å². The second-order valence-electron chi connectivity index (χ2n) is 2.40. The smallest absolute Gasteiger partial charge is 0.152 e. The molecule has 0 aliphatic heterocycles. The SMILES string of the molecule is N#CC(SC(=N)N)c1ccccc1. The van der Waals surface area contributed by atoms with Crippen LogP contribution >= 0.6 is 11.8 Å². The van der Waals surface area contributed by atoms with Crippen molar-refractivity contribution in [1.29, 1.82) is 10.7 Å². The molecule has 0 spiro atoms. The largest absolute Gasteiger partial charge is 0.379 e. The van der Waals surface area contributed by atoms with Gasteiger partial charge in [-0.25, -0.2) is 0 Å². The van der Waals surface area contributed by atoms with E-state index in [9.17, 15) is 0 Å². The fraction of sp³-hybridized carbons (Fsp3) is 0.111. The van der Waals surface area contributed by atoms with E-state index in [0.717, 1.165) is 17.3 Å². The van der Waals surface area contributed by atoms with Gasteiger partial charge in [0.1, 0.15) is 5.25 Å². The van der Waals surface area contributed by atoms with Crippen LogP contribution in [0.15, 0.2) is 30.3 Å². The molecular weight excluding hydrogens is 182 g/mol. The number of hydrogen-bond donors (Lipinski definition) is 2. The molecule has 0 saturated heterocycles. The number of nitriles is 1. The number of rotatable bonds is 2. The number of thioether (sulfide) groups is 1. The standard InChI is InChI=1S/C9H9N3S/c10-6-8(13-9(11)12)7-4-2-1-3-5-7/h1-5,8H,(H3,11,12). The third-order valence-corrected chi connectivity index (χ3v) is 2.33. The molecule has 1 aromatic rings. The second kappa shape index (κ2) is 4.53. The monoisotopic (exact) mass is 191 g/mol. The Kier molecular flexibility index (Phi) is 3.35. The van der Waals surface area contributed by atoms with Crippen LogP contribution in [0, 0.1) is 16.7 Å². The number of benzene rings is 1. The summed E-state index contributed by atoms with van der Waals surface area (Å²) >= 11 is 1.05. The quantitative estimate of drug-likeness (QED) is 0.553. The van der Waals surface area contributed by atoms with Crippen molar-refractivity contribution in [1.82, 2.24) is 0 Å². The predicted molar refractivity (Wildman–Crippen MR) is 54.3 cm³/mol. The van der Waals surface area contributed by atoms with Gasteiger partial charge in [-0.3, -0.25) is 5.41 Å². The van der Waals surface area contributed by atoms with Crippen molar-refractivity contribution in [3.05, 3.63) is 35.9 Å². The second-order valence-corrected chi connectivity index (χ2v) is 3.55. The van der Waals surface area contributed by atoms with Crippen molar-refractivity contribution in [2.24, 2.45) is 5.73 Å². The average Bonchev–Trinajstić information content (AvgIpc) is 2.15. The van der Waals surface area contributed by atoms with Crippen LogP contribution in [0.25, 0.3) is 0 Å². The van der Waals surface area contributed by atoms with Gasteiger partial charge in [-0.1, -0.05) is 42.1 Å². The van der Waals surface area contributed by atoms with E-state index in [4.69, 9.17) is 16.4 Å². The van der Waals surface area contributed by atoms with Crippen molar-refractivity contribution in [2.45, 2.75) is 5.25 Å². The first-order chi connectivity index (χ1) is 6.24. The Balaban J connectivity index is 2.80. The van der Waals surface area contributed by atoms with Crippen molar-refractivity contribution >= 4 is 16.9 Å². The summed E-state index contributed by atoms with van der Waals surface area (Å²) in [5.41, 5.74) is 6.08. The van der Waals surface area contributed by atoms with Crippen LogP contribution in [-0.4, -0.2) is 5.17 Å². The van der Waals surface area contributed by atoms with E-state index in [0.29, 0.717) is 0 Å². The Morgan fingerprint density at radius 3 is 2.54 bits per heavy atom. The van der Waals surface area contributed by atoms with Gasteiger partial charge in [-0.15, -0.1) is 0 Å². The zero-order chi connectivity index (χ0) is 9.68. The van der Waals surface area contributed by atoms with E-state index in [1.54, 1.807) is 0 Å². The third kappa shape index (κ3) is 2.80. The van der Waals surface area contributed by atoms with Crippen LogP contribution in [0.5, 0.6) is 0 Å². The Hall–Kier alpha value is -1.47. The topological polar surface area (TPSA) is 73.7 Å². The average molecular weight is 191 g/mol. The van der Waals surface area contributed by atoms with Gasteiger partial charge in [0.25, 0.3) is 0 Å². The number of nitrogens with one attached hydrogen (secondary N) is 1. The van der Waals surface area contributed by atoms with E-state index in [2.05, 4.69) is 6.07 Å². The zero-order valence-corrected chi connectivity index (χ0v) is 7.71. The molecular formula is C9H9N3S. The fourth-order valence-corrected chi connectivity index (χ4v) is 1.52. The van der Waals surface area contributed by atoms with Gasteiger partial charge in [-0.2, -0.15) is 5.26 Å². The highest BCUT2D eigenvalue weighted by atomic mass is 32.2. The maximum Gasteiger partial charge on any atom is 0.152 e. The minimum Gasteiger partial charge on any atom is -0.379 e. The van der Waals surface area contributed by atoms with Crippen molar-refractivity contribution < 1.29 is 0 Å². The van der Waals surface area contributed by atoms with Crippen LogP contribution in [0.3, 0.4) is 0 Å². The van der Waals surface area contributed by atoms with Crippen LogP contribution < -0.4 is 5.73 Å². The van der Waals surface area contributed by atoms with E-state index < -0.39 is 0 Å². The number of nitrogens with two attached hydrogens (primary N) is 1. The van der Waals surface area contributed by atoms with Crippen molar-refractivity contribution in [3.63, 3.8) is 0 Å². The molecule has 0 bridgehead atoms. The molecule has 0 radical (unpaired) electrons. The van der Waals surface area contributed by atoms with Crippen molar-refractivity contribution in [3.8, 4) is 6.07 Å². The molecule has 1 atom stereocenters. The number of nitrogens with zero attached hydrogens (tertiary/aromatic N) is 1. The first kappa shape index (κ1) is 9.62. The lowest BCUT2D eigenvalue weighted by molar-refractivity contribution is 1.23. The summed E-state index contributed by atoms with van der Waals surface area (Å²) in [4.78, 5) is 0. The molecule has 13 heavy (non-hydrogen) atoms. The minimum absolute atomic E-state index is 0.0320. The fourth-order valence-electron chi connectivity index (χ4n) is 0.924. The summed E-state index contributed by atoms with van der Waals surface area (Å²) in [6.07, 6.45) is 0. The molecule has 4 heteroatoms. The van der Waals surface area contributed by atoms with Gasteiger partial charge < -0.3 is 5.73 Å². The summed E-state index contributed by atoms with van der Waals surface area (Å²) in [5, 5.41) is 15.5. The summed E-state index contributed by atoms with van der Waals surface area (Å²) < 4.78 is 0. The number of amidine groups is 1. The lowest BCUT2D eigenvalue weighted by Crippen LogP contribution is -2.06. The zero-order valence-electron chi connectivity index (χ0n) is 6.90. The summed E-state index contributed by atoms with van der Waals surface area (Å²) in [5.74, 6) is 0. The van der Waals surface area contributed by atoms with Gasteiger partial charge in [0.05, 0.1) is 6.07 Å². The molecule has 0 aliphatic rings. The number of hydrogen-bond acceptors (Lipinski definition) is 3. The van der Waals surface area contributed by atoms with Gasteiger partial charge in [0.15, 0.2) is 5.17 Å². The molecule has 0 heterocycles. The Labute approximate surface area is 81.1 Å². The van der Waals surface area contributed by atoms with E-state index in [1.807, 2.05) is 30.3 Å². The lowest BCUT2D eigenvalue weighted by atomic mass is 10.2. The highest BCUT2D eigenvalue weighted by Gasteiger charge is 2.11. The van der Waals surface area contributed by atoms with E-state index in [-0.39, 0.29) is 10.4 Å². The molecule has 0 aliphatic carbocycles. The van der Waals surface area contributed by atoms with Gasteiger partial charge >= 0.3 is 0 Å². The van der Waals surface area contributed by atoms with Crippen molar-refractivity contribution in [2.75, 3.05) is 0 Å². The molecule has 0 amide bonds. The Morgan fingerprint density at radius 2 is 2.08 bits per heavy atom. The highest BCUT2D eigenvalue weighted by Crippen LogP contribution is 2.26. The maximum absolute atomic E-state index is 8.81. The summed E-state index contributed by atoms with van der Waals surface area (Å²) in [6, 6.07) is 11.4. The van der Waals surface area contributed by atoms with Crippen LogP contribution in [0.1, 0.15) is 10.8 Å². The van der Waals surface area contributed by atoms with E-state index in [1.165, 1.54) is 0 Å². The highest BCUT2D eigenvalue weighted by molar-refractivity contribution is 8.14. The normalized spacial score (nSPS) is 11.6. The molecule has 3 N–H and O–H groups in total. The predicted octanol–water partition coefficient (Wildman–Crippen LogP) is 1.88. The molecule has 0 aromatic heterocycles. The molecule has 0 fully saturated rings. The Morgan fingerprint density at radius 1 is 1.46 bits per heavy atom. The molecule has 3 nitrogen and oxygen atoms in total. The molecule has 1 rings (SSSR count). The maximum atomic E-state index is 8.81. The first-order valence-electron chi connectivity index (χ1n) is 3.69. The van der Waals surface area contributed by atoms with E-state index >= 15 is 0 Å². The van der Waals surface area contributed by atoms with Crippen LogP contribution in [0.4, 0.5) is 0 Å². The summed E-state index contributed by atoms with van der Waals surface area (Å²) in [6.45, 7) is 0. The molecule has 0 saturated carbocycles. The third-order valence-electron chi connectivity index (χ3n) is 1.46. The summed E-state index contributed by atoms with van der Waals surface area (Å²) in [7, 11) is 0. The molecule has 1 unspecified atom stereocenters. The Bertz CT molecular complexity index is 328.